The zero-order valence-electron chi connectivity index (χ0n) is 19.4. The maximum absolute atomic E-state index is 13.8. The van der Waals surface area contributed by atoms with Gasteiger partial charge in [-0.15, -0.1) is 11.3 Å². The van der Waals surface area contributed by atoms with Crippen molar-refractivity contribution in [1.29, 1.82) is 0 Å². The maximum Gasteiger partial charge on any atom is 0.425 e. The predicted octanol–water partition coefficient (Wildman–Crippen LogP) is 3.51. The van der Waals surface area contributed by atoms with Crippen molar-refractivity contribution in [3.63, 3.8) is 0 Å². The summed E-state index contributed by atoms with van der Waals surface area (Å²) in [6, 6.07) is 0.0468. The molecule has 1 spiro atoms. The van der Waals surface area contributed by atoms with Crippen molar-refractivity contribution in [2.75, 3.05) is 25.2 Å². The second-order valence-electron chi connectivity index (χ2n) is 9.43. The minimum Gasteiger partial charge on any atom is -0.389 e. The molecular weight excluding hydrogens is 491 g/mol. The van der Waals surface area contributed by atoms with E-state index in [0.717, 1.165) is 16.9 Å². The van der Waals surface area contributed by atoms with Crippen molar-refractivity contribution >= 4 is 21.2 Å². The Hall–Kier alpha value is -1.47. The highest BCUT2D eigenvalue weighted by Crippen LogP contribution is 2.52. The number of fused-ring (bicyclic) bond motifs is 2. The number of hydrogen-bond acceptors (Lipinski definition) is 7. The number of thiophene rings is 1. The molecule has 1 saturated heterocycles. The Morgan fingerprint density at radius 2 is 2.15 bits per heavy atom. The Balaban J connectivity index is 1.52. The minimum atomic E-state index is -4.51. The fraction of sp³-hybridized carbons (Fsp3) is 0.682. The molecule has 190 valence electrons. The number of rotatable bonds is 6. The molecule has 1 N–H and O–H groups in total. The molecular formula is C22H30F3N3O4S2. The average Bonchev–Trinajstić information content (AvgIpc) is 3.33. The molecule has 2 aliphatic rings. The lowest BCUT2D eigenvalue weighted by Gasteiger charge is -2.47. The van der Waals surface area contributed by atoms with Crippen LogP contribution in [-0.2, 0) is 45.9 Å². The Kier molecular flexibility index (Phi) is 6.93. The molecule has 0 aliphatic carbocycles. The summed E-state index contributed by atoms with van der Waals surface area (Å²) in [5.41, 5.74) is 0.785. The second kappa shape index (κ2) is 9.20. The molecule has 34 heavy (non-hydrogen) atoms. The molecule has 0 amide bonds. The Morgan fingerprint density at radius 3 is 2.76 bits per heavy atom. The minimum absolute atomic E-state index is 0.00626. The fourth-order valence-electron chi connectivity index (χ4n) is 5.09. The first kappa shape index (κ1) is 25.6. The number of nitrogens with zero attached hydrogens (tertiary/aromatic N) is 3. The molecule has 1 fully saturated rings. The molecule has 1 unspecified atom stereocenters. The van der Waals surface area contributed by atoms with Crippen molar-refractivity contribution in [2.45, 2.75) is 70.1 Å². The molecule has 2 aromatic heterocycles. The van der Waals surface area contributed by atoms with E-state index in [1.807, 2.05) is 13.1 Å². The first-order valence-corrected chi connectivity index (χ1v) is 14.1. The number of aliphatic hydroxyl groups excluding tert-OH is 1. The average molecular weight is 522 g/mol. The van der Waals surface area contributed by atoms with Gasteiger partial charge in [0, 0.05) is 47.6 Å². The Labute approximate surface area is 201 Å². The van der Waals surface area contributed by atoms with E-state index in [1.54, 1.807) is 10.9 Å². The number of hydrogen-bond donors (Lipinski definition) is 1. The van der Waals surface area contributed by atoms with Gasteiger partial charge >= 0.3 is 6.18 Å². The van der Waals surface area contributed by atoms with E-state index in [0.29, 0.717) is 55.9 Å². The molecule has 2 aromatic rings. The molecule has 0 radical (unpaired) electrons. The number of ether oxygens (including phenoxy) is 1. The van der Waals surface area contributed by atoms with Crippen molar-refractivity contribution in [3.05, 3.63) is 38.8 Å². The highest BCUT2D eigenvalue weighted by molar-refractivity contribution is 7.90. The number of alkyl halides is 3. The normalized spacial score (nSPS) is 25.0. The van der Waals surface area contributed by atoms with Gasteiger partial charge in [0.05, 0.1) is 31.2 Å². The van der Waals surface area contributed by atoms with Gasteiger partial charge in [-0.1, -0.05) is 0 Å². The van der Waals surface area contributed by atoms with Crippen LogP contribution in [0.3, 0.4) is 0 Å². The number of halogens is 3. The summed E-state index contributed by atoms with van der Waals surface area (Å²) in [4.78, 5) is 2.14. The molecule has 4 heterocycles. The second-order valence-corrected chi connectivity index (χ2v) is 12.7. The van der Waals surface area contributed by atoms with Crippen LogP contribution in [0.2, 0.25) is 0 Å². The molecule has 0 saturated carbocycles. The summed E-state index contributed by atoms with van der Waals surface area (Å²) in [5, 5.41) is 14.4. The van der Waals surface area contributed by atoms with Gasteiger partial charge in [0.25, 0.3) is 0 Å². The van der Waals surface area contributed by atoms with Crippen LogP contribution in [0.15, 0.2) is 12.4 Å². The number of aliphatic hydroxyl groups is 1. The molecule has 3 atom stereocenters. The molecule has 2 aliphatic heterocycles. The predicted molar refractivity (Wildman–Crippen MR) is 122 cm³/mol. The lowest BCUT2D eigenvalue weighted by Crippen LogP contribution is -2.50. The lowest BCUT2D eigenvalue weighted by molar-refractivity contribution is -0.135. The van der Waals surface area contributed by atoms with Crippen molar-refractivity contribution in [3.8, 4) is 0 Å². The zero-order chi connectivity index (χ0) is 24.9. The van der Waals surface area contributed by atoms with Gasteiger partial charge in [0.15, 0.2) is 0 Å². The first-order valence-electron chi connectivity index (χ1n) is 11.3. The van der Waals surface area contributed by atoms with Gasteiger partial charge in [-0.25, -0.2) is 8.42 Å². The van der Waals surface area contributed by atoms with Crippen LogP contribution >= 0.6 is 11.3 Å². The number of aromatic nitrogens is 2. The quantitative estimate of drug-likeness (QED) is 0.626. The SMILES string of the molecule is CC(O)c1c(C(F)(F)F)sc2c1CCO[C@@]21CCN(Cc2cnn(CCS(C)(=O)=O)c2)[C@@H](C)C1. The van der Waals surface area contributed by atoms with Crippen LogP contribution < -0.4 is 0 Å². The van der Waals surface area contributed by atoms with Crippen LogP contribution in [0.5, 0.6) is 0 Å². The van der Waals surface area contributed by atoms with E-state index in [-0.39, 0.29) is 17.4 Å². The summed E-state index contributed by atoms with van der Waals surface area (Å²) in [6.45, 7) is 5.31. The summed E-state index contributed by atoms with van der Waals surface area (Å²) in [6.07, 6.45) is 0.524. The number of piperidine rings is 1. The molecule has 0 aromatic carbocycles. The van der Waals surface area contributed by atoms with Gasteiger partial charge in [-0.3, -0.25) is 9.58 Å². The third kappa shape index (κ3) is 5.20. The third-order valence-electron chi connectivity index (χ3n) is 6.68. The number of likely N-dealkylation sites (tertiary alicyclic amines) is 1. The Bertz CT molecular complexity index is 1140. The van der Waals surface area contributed by atoms with Crippen molar-refractivity contribution in [2.24, 2.45) is 0 Å². The number of aryl methyl sites for hydroxylation is 1. The van der Waals surface area contributed by atoms with Crippen molar-refractivity contribution in [1.82, 2.24) is 14.7 Å². The van der Waals surface area contributed by atoms with Crippen LogP contribution in [0.4, 0.5) is 13.2 Å². The smallest absolute Gasteiger partial charge is 0.389 e. The summed E-state index contributed by atoms with van der Waals surface area (Å²) >= 11 is 0.730. The van der Waals surface area contributed by atoms with E-state index in [2.05, 4.69) is 10.00 Å². The van der Waals surface area contributed by atoms with E-state index in [9.17, 15) is 26.7 Å². The van der Waals surface area contributed by atoms with E-state index >= 15 is 0 Å². The monoisotopic (exact) mass is 521 g/mol. The lowest BCUT2D eigenvalue weighted by atomic mass is 9.80. The van der Waals surface area contributed by atoms with Gasteiger partial charge in [-0.05, 0) is 38.7 Å². The summed E-state index contributed by atoms with van der Waals surface area (Å²) in [7, 11) is -3.08. The van der Waals surface area contributed by atoms with Crippen LogP contribution in [0, 0.1) is 0 Å². The highest BCUT2D eigenvalue weighted by atomic mass is 32.2. The molecule has 4 rings (SSSR count). The van der Waals surface area contributed by atoms with Gasteiger partial charge in [-0.2, -0.15) is 18.3 Å². The zero-order valence-corrected chi connectivity index (χ0v) is 21.1. The fourth-order valence-corrected chi connectivity index (χ4v) is 7.10. The topological polar surface area (TPSA) is 84.7 Å². The summed E-state index contributed by atoms with van der Waals surface area (Å²) < 4.78 is 71.9. The standard InChI is InChI=1S/C22H30F3N3O4S2/c1-14-10-21(5-6-27(14)12-16-11-26-28(13-16)7-9-34(3,30)31)19-17(4-8-32-21)18(15(2)29)20(33-19)22(23,24)25/h11,13-15,29H,4-10,12H2,1-3H3/t14-,15?,21+/m0/s1. The van der Waals surface area contributed by atoms with Crippen molar-refractivity contribution < 1.29 is 31.4 Å². The Morgan fingerprint density at radius 1 is 1.41 bits per heavy atom. The maximum atomic E-state index is 13.8. The highest BCUT2D eigenvalue weighted by Gasteiger charge is 2.49. The third-order valence-corrected chi connectivity index (χ3v) is 9.08. The largest absolute Gasteiger partial charge is 0.425 e. The van der Waals surface area contributed by atoms with Crippen LogP contribution in [0.1, 0.15) is 59.2 Å². The van der Waals surface area contributed by atoms with Gasteiger partial charge in [0.2, 0.25) is 0 Å². The molecule has 12 heteroatoms. The summed E-state index contributed by atoms with van der Waals surface area (Å²) in [5.74, 6) is 0.0194. The molecule has 7 nitrogen and oxygen atoms in total. The molecule has 0 bridgehead atoms. The first-order chi connectivity index (χ1) is 15.8. The van der Waals surface area contributed by atoms with Crippen LogP contribution in [-0.4, -0.2) is 59.4 Å². The van der Waals surface area contributed by atoms with Gasteiger partial charge in [0.1, 0.15) is 20.3 Å². The number of sulfone groups is 1. The van der Waals surface area contributed by atoms with E-state index in [1.165, 1.54) is 13.2 Å². The van der Waals surface area contributed by atoms with Gasteiger partial charge < -0.3 is 9.84 Å². The van der Waals surface area contributed by atoms with Crippen LogP contribution in [0.25, 0.3) is 0 Å². The van der Waals surface area contributed by atoms with E-state index < -0.39 is 32.6 Å². The van der Waals surface area contributed by atoms with E-state index in [4.69, 9.17) is 4.74 Å².